The second-order valence-electron chi connectivity index (χ2n) is 5.72. The van der Waals surface area contributed by atoms with E-state index < -0.39 is 12.7 Å². The van der Waals surface area contributed by atoms with Gasteiger partial charge in [0.1, 0.15) is 0 Å². The minimum atomic E-state index is -4.21. The molecule has 3 N–H and O–H groups in total. The van der Waals surface area contributed by atoms with Gasteiger partial charge in [-0.15, -0.1) is 0 Å². The second-order valence-corrected chi connectivity index (χ2v) is 5.72. The highest BCUT2D eigenvalue weighted by atomic mass is 19.4. The Kier molecular flexibility index (Phi) is 8.09. The largest absolute Gasteiger partial charge is 0.450 e. The number of amides is 1. The van der Waals surface area contributed by atoms with Crippen molar-refractivity contribution in [3.63, 3.8) is 0 Å². The number of guanidine groups is 1. The topological polar surface area (TPSA) is 83.2 Å². The van der Waals surface area contributed by atoms with E-state index in [0.29, 0.717) is 32.5 Å². The van der Waals surface area contributed by atoms with Crippen molar-refractivity contribution >= 4 is 12.1 Å². The molecule has 0 atom stereocenters. The van der Waals surface area contributed by atoms with Gasteiger partial charge in [0.05, 0.1) is 19.7 Å². The Labute approximate surface area is 140 Å². The van der Waals surface area contributed by atoms with Gasteiger partial charge in [0.15, 0.2) is 5.96 Å². The minimum absolute atomic E-state index is 0.0901. The van der Waals surface area contributed by atoms with Crippen LogP contribution in [0.4, 0.5) is 18.0 Å². The maximum absolute atomic E-state index is 12.2. The second kappa shape index (κ2) is 9.55. The first-order valence-corrected chi connectivity index (χ1v) is 7.94. The van der Waals surface area contributed by atoms with Gasteiger partial charge in [0.25, 0.3) is 0 Å². The third-order valence-corrected chi connectivity index (χ3v) is 3.59. The zero-order chi connectivity index (χ0) is 18.2. The van der Waals surface area contributed by atoms with Gasteiger partial charge in [0.2, 0.25) is 0 Å². The Bertz CT molecular complexity index is 423. The van der Waals surface area contributed by atoms with Gasteiger partial charge >= 0.3 is 12.3 Å². The van der Waals surface area contributed by atoms with E-state index in [-0.39, 0.29) is 31.2 Å². The molecule has 0 aromatic heterocycles. The van der Waals surface area contributed by atoms with E-state index in [9.17, 15) is 18.0 Å². The molecule has 0 saturated carbocycles. The molecule has 10 heteroatoms. The van der Waals surface area contributed by atoms with Gasteiger partial charge < -0.3 is 20.7 Å². The van der Waals surface area contributed by atoms with Crippen molar-refractivity contribution in [1.29, 1.82) is 0 Å². The maximum Gasteiger partial charge on any atom is 0.409 e. The highest BCUT2D eigenvalue weighted by Crippen LogP contribution is 2.15. The van der Waals surface area contributed by atoms with Crippen molar-refractivity contribution in [3.05, 3.63) is 0 Å². The Hall–Kier alpha value is -1.71. The number of likely N-dealkylation sites (N-methyl/N-ethyl adjacent to an activating group) is 1. The number of aliphatic imine (C=N–C) groups is 1. The van der Waals surface area contributed by atoms with E-state index in [2.05, 4.69) is 10.3 Å². The molecule has 1 heterocycles. The van der Waals surface area contributed by atoms with Crippen LogP contribution in [0, 0.1) is 0 Å². The van der Waals surface area contributed by atoms with Crippen LogP contribution >= 0.6 is 0 Å². The van der Waals surface area contributed by atoms with E-state index in [4.69, 9.17) is 10.5 Å². The molecule has 1 fully saturated rings. The average Bonchev–Trinajstić information content (AvgIpc) is 2.46. The number of rotatable bonds is 6. The SMILES string of the molecule is CCOC(=O)N1CCC(NC(N)=NCCN(C)CC(F)(F)F)CC1. The van der Waals surface area contributed by atoms with Crippen molar-refractivity contribution in [1.82, 2.24) is 15.1 Å². The number of hydrogen-bond acceptors (Lipinski definition) is 4. The van der Waals surface area contributed by atoms with E-state index in [1.165, 1.54) is 7.05 Å². The summed E-state index contributed by atoms with van der Waals surface area (Å²) in [5.74, 6) is 0.213. The lowest BCUT2D eigenvalue weighted by Crippen LogP contribution is -2.48. The molecule has 0 aliphatic carbocycles. The lowest BCUT2D eigenvalue weighted by molar-refractivity contribution is -0.142. The molecule has 1 rings (SSSR count). The third kappa shape index (κ3) is 8.23. The smallest absolute Gasteiger partial charge is 0.409 e. The number of carbonyl (C=O) groups is 1. The van der Waals surface area contributed by atoms with Crippen LogP contribution in [-0.2, 0) is 4.74 Å². The summed E-state index contributed by atoms with van der Waals surface area (Å²) in [5.41, 5.74) is 5.75. The lowest BCUT2D eigenvalue weighted by atomic mass is 10.1. The van der Waals surface area contributed by atoms with Crippen LogP contribution in [0.5, 0.6) is 0 Å². The molecule has 140 valence electrons. The van der Waals surface area contributed by atoms with Gasteiger partial charge in [-0.25, -0.2) is 4.79 Å². The fourth-order valence-electron chi connectivity index (χ4n) is 2.40. The van der Waals surface area contributed by atoms with Crippen LogP contribution < -0.4 is 11.1 Å². The number of nitrogens with one attached hydrogen (secondary N) is 1. The van der Waals surface area contributed by atoms with Crippen LogP contribution in [0.25, 0.3) is 0 Å². The zero-order valence-electron chi connectivity index (χ0n) is 14.1. The zero-order valence-corrected chi connectivity index (χ0v) is 14.1. The predicted octanol–water partition coefficient (Wildman–Crippen LogP) is 1.01. The summed E-state index contributed by atoms with van der Waals surface area (Å²) in [6, 6.07) is 0.0901. The molecule has 1 amide bonds. The number of hydrogen-bond donors (Lipinski definition) is 2. The fourth-order valence-corrected chi connectivity index (χ4v) is 2.40. The molecule has 0 aromatic rings. The minimum Gasteiger partial charge on any atom is -0.450 e. The van der Waals surface area contributed by atoms with Crippen molar-refractivity contribution < 1.29 is 22.7 Å². The molecular formula is C14H26F3N5O2. The predicted molar refractivity (Wildman–Crippen MR) is 84.8 cm³/mol. The van der Waals surface area contributed by atoms with Crippen LogP contribution in [0.1, 0.15) is 19.8 Å². The van der Waals surface area contributed by atoms with Gasteiger partial charge in [-0.05, 0) is 26.8 Å². The molecule has 0 bridgehead atoms. The van der Waals surface area contributed by atoms with E-state index in [0.717, 1.165) is 4.90 Å². The summed E-state index contributed by atoms with van der Waals surface area (Å²) in [6.45, 7) is 2.63. The Morgan fingerprint density at radius 3 is 2.58 bits per heavy atom. The van der Waals surface area contributed by atoms with Crippen LogP contribution in [0.15, 0.2) is 4.99 Å². The molecule has 0 aromatic carbocycles. The highest BCUT2D eigenvalue weighted by molar-refractivity contribution is 5.78. The number of ether oxygens (including phenoxy) is 1. The van der Waals surface area contributed by atoms with Crippen molar-refractivity contribution in [2.75, 3.05) is 46.4 Å². The maximum atomic E-state index is 12.2. The third-order valence-electron chi connectivity index (χ3n) is 3.59. The molecule has 1 saturated heterocycles. The normalized spacial score (nSPS) is 17.2. The van der Waals surface area contributed by atoms with Crippen LogP contribution in [0.2, 0.25) is 0 Å². The average molecular weight is 353 g/mol. The monoisotopic (exact) mass is 353 g/mol. The molecule has 0 radical (unpaired) electrons. The van der Waals surface area contributed by atoms with Gasteiger partial charge in [0, 0.05) is 25.7 Å². The Balaban J connectivity index is 2.26. The quantitative estimate of drug-likeness (QED) is 0.550. The van der Waals surface area contributed by atoms with Crippen LogP contribution in [-0.4, -0.2) is 80.4 Å². The first-order valence-electron chi connectivity index (χ1n) is 7.94. The van der Waals surface area contributed by atoms with Crippen LogP contribution in [0.3, 0.4) is 0 Å². The number of nitrogens with two attached hydrogens (primary N) is 1. The number of halogens is 3. The summed E-state index contributed by atoms with van der Waals surface area (Å²) in [4.78, 5) is 18.4. The van der Waals surface area contributed by atoms with Gasteiger partial charge in [-0.3, -0.25) is 9.89 Å². The summed E-state index contributed by atoms with van der Waals surface area (Å²) in [5, 5.41) is 3.04. The summed E-state index contributed by atoms with van der Waals surface area (Å²) in [6.07, 6.45) is -3.11. The van der Waals surface area contributed by atoms with Crippen molar-refractivity contribution in [2.24, 2.45) is 10.7 Å². The van der Waals surface area contributed by atoms with Gasteiger partial charge in [-0.1, -0.05) is 0 Å². The highest BCUT2D eigenvalue weighted by Gasteiger charge is 2.28. The number of likely N-dealkylation sites (tertiary alicyclic amines) is 1. The van der Waals surface area contributed by atoms with E-state index >= 15 is 0 Å². The van der Waals surface area contributed by atoms with Crippen molar-refractivity contribution in [2.45, 2.75) is 32.0 Å². The Morgan fingerprint density at radius 1 is 1.42 bits per heavy atom. The summed E-state index contributed by atoms with van der Waals surface area (Å²) < 4.78 is 41.5. The number of alkyl halides is 3. The number of carbonyl (C=O) groups excluding carboxylic acids is 1. The molecule has 7 nitrogen and oxygen atoms in total. The molecule has 0 unspecified atom stereocenters. The fraction of sp³-hybridized carbons (Fsp3) is 0.857. The summed E-state index contributed by atoms with van der Waals surface area (Å²) in [7, 11) is 1.39. The number of piperidine rings is 1. The summed E-state index contributed by atoms with van der Waals surface area (Å²) >= 11 is 0. The molecular weight excluding hydrogens is 327 g/mol. The Morgan fingerprint density at radius 2 is 2.04 bits per heavy atom. The number of nitrogens with zero attached hydrogens (tertiary/aromatic N) is 3. The van der Waals surface area contributed by atoms with Gasteiger partial charge in [-0.2, -0.15) is 13.2 Å². The van der Waals surface area contributed by atoms with E-state index in [1.54, 1.807) is 11.8 Å². The van der Waals surface area contributed by atoms with Crippen molar-refractivity contribution in [3.8, 4) is 0 Å². The lowest BCUT2D eigenvalue weighted by Gasteiger charge is -2.31. The first-order chi connectivity index (χ1) is 11.2. The standard InChI is InChI=1S/C14H26F3N5O2/c1-3-24-13(23)22-7-4-11(5-8-22)20-12(18)19-6-9-21(2)10-14(15,16)17/h11H,3-10H2,1-2H3,(H3,18,19,20). The molecule has 1 aliphatic heterocycles. The molecule has 1 aliphatic rings. The molecule has 24 heavy (non-hydrogen) atoms. The van der Waals surface area contributed by atoms with E-state index in [1.807, 2.05) is 0 Å². The molecule has 0 spiro atoms. The first kappa shape index (κ1) is 20.3.